The first-order valence-corrected chi connectivity index (χ1v) is 10.7. The van der Waals surface area contributed by atoms with Crippen LogP contribution >= 0.6 is 11.6 Å². The molecular weight excluding hydrogens is 495 g/mol. The Balaban J connectivity index is 0.000000971. The van der Waals surface area contributed by atoms with Crippen molar-refractivity contribution in [2.24, 2.45) is 0 Å². The van der Waals surface area contributed by atoms with Crippen LogP contribution in [0.3, 0.4) is 0 Å². The van der Waals surface area contributed by atoms with E-state index in [-0.39, 0.29) is 45.6 Å². The average Bonchev–Trinajstić information content (AvgIpc) is 3.16. The Bertz CT molecular complexity index is 1080. The molecule has 5 nitrogen and oxygen atoms in total. The molecule has 0 aliphatic carbocycles. The molecule has 0 amide bonds. The van der Waals surface area contributed by atoms with Crippen LogP contribution < -0.4 is 4.90 Å². The molecule has 1 aliphatic rings. The van der Waals surface area contributed by atoms with Crippen LogP contribution in [0.2, 0.25) is 5.02 Å². The molecule has 169 valence electrons. The van der Waals surface area contributed by atoms with E-state index in [9.17, 15) is 0 Å². The van der Waals surface area contributed by atoms with Crippen molar-refractivity contribution < 1.29 is 32.7 Å². The van der Waals surface area contributed by atoms with Gasteiger partial charge in [-0.1, -0.05) is 44.5 Å². The number of hydrogen-bond acceptors (Lipinski definition) is 3. The van der Waals surface area contributed by atoms with Gasteiger partial charge in [-0.2, -0.15) is 0 Å². The average molecular weight is 527 g/mol. The monoisotopic (exact) mass is 526 g/mol. The molecule has 1 aliphatic heterocycles. The Morgan fingerprint density at radius 2 is 1.94 bits per heavy atom. The van der Waals surface area contributed by atoms with Crippen LogP contribution in [0.5, 0.6) is 0 Å². The molecule has 1 unspecified atom stereocenters. The first kappa shape index (κ1) is 28.3. The van der Waals surface area contributed by atoms with Crippen molar-refractivity contribution in [1.29, 1.82) is 0 Å². The zero-order chi connectivity index (χ0) is 21.9. The number of anilines is 1. The summed E-state index contributed by atoms with van der Waals surface area (Å²) in [6.45, 7) is 14.6. The number of aromatic nitrogens is 3. The van der Waals surface area contributed by atoms with E-state index in [0.29, 0.717) is 17.4 Å². The van der Waals surface area contributed by atoms with Gasteiger partial charge in [0, 0.05) is 55.0 Å². The molecule has 7 heteroatoms. The third-order valence-corrected chi connectivity index (χ3v) is 5.99. The second kappa shape index (κ2) is 12.0. The van der Waals surface area contributed by atoms with Crippen molar-refractivity contribution in [3.63, 3.8) is 0 Å². The molecular formula is C25H32ClN5Y-2. The Morgan fingerprint density at radius 1 is 1.25 bits per heavy atom. The van der Waals surface area contributed by atoms with E-state index >= 15 is 0 Å². The van der Waals surface area contributed by atoms with Gasteiger partial charge >= 0.3 is 0 Å². The van der Waals surface area contributed by atoms with Crippen LogP contribution in [-0.2, 0) is 44.7 Å². The van der Waals surface area contributed by atoms with E-state index in [1.807, 2.05) is 25.4 Å². The smallest absolute Gasteiger partial charge is 0.116 e. The van der Waals surface area contributed by atoms with Crippen LogP contribution in [0, 0.1) is 7.43 Å². The minimum absolute atomic E-state index is 0. The van der Waals surface area contributed by atoms with E-state index in [1.165, 1.54) is 10.2 Å². The van der Waals surface area contributed by atoms with Crippen molar-refractivity contribution in [1.82, 2.24) is 14.6 Å². The molecule has 0 bridgehead atoms. The number of nitrogens with one attached hydrogen (secondary N) is 1. The molecule has 1 aromatic carbocycles. The third-order valence-electron chi connectivity index (χ3n) is 5.75. The fourth-order valence-corrected chi connectivity index (χ4v) is 4.54. The minimum atomic E-state index is -0.0742. The summed E-state index contributed by atoms with van der Waals surface area (Å²) in [4.78, 5) is 11.2. The van der Waals surface area contributed by atoms with Crippen LogP contribution in [-0.4, -0.2) is 14.6 Å². The second-order valence-corrected chi connectivity index (χ2v) is 7.95. The first-order valence-electron chi connectivity index (χ1n) is 10.3. The molecule has 0 saturated heterocycles. The predicted molar refractivity (Wildman–Crippen MR) is 133 cm³/mol. The number of hydrogen-bond donors (Lipinski definition) is 0. The summed E-state index contributed by atoms with van der Waals surface area (Å²) in [5.41, 5.74) is 4.83. The van der Waals surface area contributed by atoms with E-state index in [4.69, 9.17) is 17.4 Å². The number of allylic oxidation sites excluding steroid dienone is 2. The molecule has 0 fully saturated rings. The van der Waals surface area contributed by atoms with Crippen molar-refractivity contribution in [3.05, 3.63) is 91.3 Å². The number of imidazole rings is 1. The summed E-state index contributed by atoms with van der Waals surface area (Å²) in [6, 6.07) is 7.54. The topological polar surface area (TPSA) is 57.8 Å². The Morgan fingerprint density at radius 3 is 2.56 bits per heavy atom. The number of pyridine rings is 1. The number of rotatable bonds is 5. The van der Waals surface area contributed by atoms with Gasteiger partial charge in [-0.3, -0.25) is 4.98 Å². The SMILES string of the molecule is C=C1N(Cc2nc3cc(Cl)ccc3n2[NH-])c2cnccc2C1(CC)CCC.C=CC.[CH3-].[Y]. The molecule has 1 N–H and O–H groups in total. The van der Waals surface area contributed by atoms with Gasteiger partial charge in [-0.25, -0.2) is 4.98 Å². The van der Waals surface area contributed by atoms with Gasteiger partial charge in [0.1, 0.15) is 5.82 Å². The Hall–Kier alpha value is -1.69. The van der Waals surface area contributed by atoms with Crippen LogP contribution in [0.25, 0.3) is 16.9 Å². The molecule has 0 saturated carbocycles. The maximum absolute atomic E-state index is 8.47. The molecule has 1 radical (unpaired) electrons. The Labute approximate surface area is 222 Å². The van der Waals surface area contributed by atoms with Gasteiger partial charge in [0.2, 0.25) is 0 Å². The van der Waals surface area contributed by atoms with Gasteiger partial charge < -0.3 is 22.8 Å². The van der Waals surface area contributed by atoms with E-state index in [0.717, 1.165) is 41.7 Å². The standard InChI is InChI=1S/C21H23ClN5.C3H6.CH3.Y/c1-4-9-21(5-2)14(3)26(19-12-24-10-8-16(19)21)13-20-25-17-11-15(22)6-7-18(17)27(20)23;1-3-2;;/h6-8,10-12,23H,3-5,9,13H2,1-2H3;3H,1H2,2H3;1H3;/q-1;;-1;. The zero-order valence-electron chi connectivity index (χ0n) is 19.5. The zero-order valence-corrected chi connectivity index (χ0v) is 23.1. The van der Waals surface area contributed by atoms with Gasteiger partial charge in [-0.15, -0.1) is 6.58 Å². The Kier molecular flexibility index (Phi) is 10.6. The normalized spacial score (nSPS) is 16.5. The molecule has 1 atom stereocenters. The second-order valence-electron chi connectivity index (χ2n) is 7.52. The number of halogens is 1. The maximum atomic E-state index is 8.47. The molecule has 3 aromatic rings. The largest absolute Gasteiger partial charge is 0.630 e. The summed E-state index contributed by atoms with van der Waals surface area (Å²) in [7, 11) is 0. The van der Waals surface area contributed by atoms with Gasteiger partial charge in [-0.05, 0) is 49.6 Å². The van der Waals surface area contributed by atoms with Gasteiger partial charge in [0.05, 0.1) is 29.5 Å². The van der Waals surface area contributed by atoms with Crippen LogP contribution in [0.15, 0.2) is 61.6 Å². The molecule has 3 heterocycles. The minimum Gasteiger partial charge on any atom is -0.630 e. The van der Waals surface area contributed by atoms with E-state index in [2.05, 4.69) is 47.9 Å². The summed E-state index contributed by atoms with van der Waals surface area (Å²) < 4.78 is 1.39. The fourth-order valence-electron chi connectivity index (χ4n) is 4.37. The fraction of sp³-hybridized carbons (Fsp3) is 0.320. The van der Waals surface area contributed by atoms with E-state index < -0.39 is 0 Å². The van der Waals surface area contributed by atoms with E-state index in [1.54, 1.807) is 18.2 Å². The number of fused-ring (bicyclic) bond motifs is 2. The van der Waals surface area contributed by atoms with Crippen LogP contribution in [0.4, 0.5) is 5.69 Å². The van der Waals surface area contributed by atoms with Crippen molar-refractivity contribution >= 4 is 28.3 Å². The molecule has 4 rings (SSSR count). The first-order chi connectivity index (χ1) is 14.4. The summed E-state index contributed by atoms with van der Waals surface area (Å²) >= 11 is 6.09. The summed E-state index contributed by atoms with van der Waals surface area (Å²) in [5, 5.41) is 0.625. The number of nitrogens with zero attached hydrogens (tertiary/aromatic N) is 4. The summed E-state index contributed by atoms with van der Waals surface area (Å²) in [6.07, 6.45) is 8.62. The molecule has 2 aromatic heterocycles. The van der Waals surface area contributed by atoms with Crippen molar-refractivity contribution in [3.8, 4) is 0 Å². The third kappa shape index (κ3) is 4.95. The quantitative estimate of drug-likeness (QED) is 0.255. The maximum Gasteiger partial charge on any atom is 0.116 e. The predicted octanol–water partition coefficient (Wildman–Crippen LogP) is 7.52. The molecule has 0 spiro atoms. The van der Waals surface area contributed by atoms with Gasteiger partial charge in [0.15, 0.2) is 0 Å². The van der Waals surface area contributed by atoms with Crippen molar-refractivity contribution in [2.75, 3.05) is 4.90 Å². The van der Waals surface area contributed by atoms with Crippen LogP contribution in [0.1, 0.15) is 51.4 Å². The number of benzene rings is 1. The molecule has 32 heavy (non-hydrogen) atoms. The summed E-state index contributed by atoms with van der Waals surface area (Å²) in [5.74, 6) is 9.13. The van der Waals surface area contributed by atoms with Crippen molar-refractivity contribution in [2.45, 2.75) is 52.0 Å². The van der Waals surface area contributed by atoms with Gasteiger partial charge in [0.25, 0.3) is 0 Å².